The van der Waals surface area contributed by atoms with E-state index < -0.39 is 42.2 Å². The van der Waals surface area contributed by atoms with Crippen molar-refractivity contribution in [2.75, 3.05) is 13.8 Å². The molecule has 2 heterocycles. The number of nitrogens with one attached hydrogen (secondary N) is 2. The van der Waals surface area contributed by atoms with Gasteiger partial charge in [0.2, 0.25) is 12.5 Å². The lowest BCUT2D eigenvalue weighted by Gasteiger charge is -2.53. The summed E-state index contributed by atoms with van der Waals surface area (Å²) in [4.78, 5) is 12.5. The number of carbonyl (C=O) groups is 1. The molecule has 4 rings (SSSR count). The summed E-state index contributed by atoms with van der Waals surface area (Å²) in [6, 6.07) is -0.344. The molecule has 8 N–H and O–H groups in total. The van der Waals surface area contributed by atoms with E-state index in [1.807, 2.05) is 0 Å². The van der Waals surface area contributed by atoms with Crippen molar-refractivity contribution >= 4 is 5.91 Å². The number of amides is 1. The van der Waals surface area contributed by atoms with E-state index in [1.165, 1.54) is 13.1 Å². The number of benzene rings is 1. The summed E-state index contributed by atoms with van der Waals surface area (Å²) >= 11 is 0. The Labute approximate surface area is 147 Å². The second-order valence-electron chi connectivity index (χ2n) is 6.68. The molecule has 0 aromatic heterocycles. The predicted octanol–water partition coefficient (Wildman–Crippen LogP) is -3.54. The van der Waals surface area contributed by atoms with Gasteiger partial charge in [-0.3, -0.25) is 4.79 Å². The Morgan fingerprint density at radius 2 is 2.00 bits per heavy atom. The summed E-state index contributed by atoms with van der Waals surface area (Å²) in [6.07, 6.45) is -4.36. The number of nitrogens with two attached hydrogens (primary N) is 1. The molecule has 0 bridgehead atoms. The van der Waals surface area contributed by atoms with Gasteiger partial charge in [-0.2, -0.15) is 5.84 Å². The average Bonchev–Trinajstić information content (AvgIpc) is 3.05. The summed E-state index contributed by atoms with van der Waals surface area (Å²) in [6.45, 7) is -0.102. The Bertz CT molecular complexity index is 758. The van der Waals surface area contributed by atoms with Crippen LogP contribution in [-0.4, -0.2) is 70.6 Å². The number of rotatable bonds is 2. The van der Waals surface area contributed by atoms with E-state index in [2.05, 4.69) is 10.7 Å². The quantitative estimate of drug-likeness (QED) is 0.208. The maximum atomic E-state index is 12.5. The van der Waals surface area contributed by atoms with Crippen molar-refractivity contribution in [2.45, 2.75) is 36.3 Å². The lowest BCUT2D eigenvalue weighted by Crippen LogP contribution is -3.12. The average molecular weight is 368 g/mol. The molecular weight excluding hydrogens is 348 g/mol. The molecule has 1 aliphatic carbocycles. The monoisotopic (exact) mass is 368 g/mol. The van der Waals surface area contributed by atoms with E-state index in [9.17, 15) is 25.2 Å². The molecule has 1 amide bonds. The fourth-order valence-corrected chi connectivity index (χ4v) is 3.97. The molecular formula is C15H20N4O7. The highest BCUT2D eigenvalue weighted by Crippen LogP contribution is 2.50. The molecule has 1 saturated carbocycles. The summed E-state index contributed by atoms with van der Waals surface area (Å²) in [7, 11) is 1.53. The first-order valence-electron chi connectivity index (χ1n) is 8.11. The lowest BCUT2D eigenvalue weighted by molar-refractivity contribution is -0.856. The van der Waals surface area contributed by atoms with Gasteiger partial charge in [-0.25, -0.2) is 0 Å². The summed E-state index contributed by atoms with van der Waals surface area (Å²) in [5, 5.41) is 44.2. The van der Waals surface area contributed by atoms with Crippen LogP contribution < -0.4 is 25.8 Å². The smallest absolute Gasteiger partial charge is 0.255 e. The lowest BCUT2D eigenvalue weighted by atomic mass is 9.69. The number of nitrogens with zero attached hydrogens (tertiary/aromatic N) is 1. The molecule has 0 radical (unpaired) electrons. The van der Waals surface area contributed by atoms with Gasteiger partial charge in [0, 0.05) is 0 Å². The number of carbonyl (C=O) groups excluding carboxylic acids is 1. The van der Waals surface area contributed by atoms with Crippen LogP contribution in [0.1, 0.15) is 21.8 Å². The van der Waals surface area contributed by atoms with Gasteiger partial charge in [-0.15, -0.1) is 0 Å². The summed E-state index contributed by atoms with van der Waals surface area (Å²) in [5.41, 5.74) is 4.50. The second kappa shape index (κ2) is 5.94. The highest BCUT2D eigenvalue weighted by atomic mass is 16.7. The molecule has 1 fully saturated rings. The minimum absolute atomic E-state index is 0.0406. The Kier molecular flexibility index (Phi) is 3.95. The number of aliphatic hydroxyl groups is 3. The van der Waals surface area contributed by atoms with Crippen LogP contribution >= 0.6 is 0 Å². The molecule has 0 spiro atoms. The number of phenolic OH excluding ortho intramolecular Hbond substituents is 1. The number of phenols is 1. The third kappa shape index (κ3) is 2.33. The summed E-state index contributed by atoms with van der Waals surface area (Å²) in [5.74, 6) is 4.22. The van der Waals surface area contributed by atoms with Gasteiger partial charge < -0.3 is 45.8 Å². The maximum absolute atomic E-state index is 12.5. The second-order valence-corrected chi connectivity index (χ2v) is 6.68. The number of quaternary nitrogens is 1. The van der Waals surface area contributed by atoms with Crippen LogP contribution in [-0.2, 0) is 0 Å². The number of fused-ring (bicyclic) bond motifs is 4. The van der Waals surface area contributed by atoms with Gasteiger partial charge in [0.1, 0.15) is 12.2 Å². The standard InChI is InChI=1S/C15H20N4O7/c1-19(16)18-9-6-4-2-5-14(26-3-25-5)10(20)7(4)15(24)17-8(6)11(21)13(23)12(9)22/h2,6,8-9,11-13,19-23H,3,16H2,1H3,(H,17,24)/t6-,8-,9-,11+,12+,13+/m1/s1. The number of aromatic hydroxyl groups is 1. The third-order valence-electron chi connectivity index (χ3n) is 5.08. The fraction of sp³-hybridized carbons (Fsp3) is 0.533. The van der Waals surface area contributed by atoms with E-state index in [-0.39, 0.29) is 34.7 Å². The van der Waals surface area contributed by atoms with Crippen LogP contribution in [0.2, 0.25) is 0 Å². The minimum atomic E-state index is -1.52. The zero-order valence-electron chi connectivity index (χ0n) is 13.8. The molecule has 26 heavy (non-hydrogen) atoms. The van der Waals surface area contributed by atoms with Crippen molar-refractivity contribution in [1.82, 2.24) is 5.32 Å². The van der Waals surface area contributed by atoms with Gasteiger partial charge in [0.05, 0.1) is 24.8 Å². The SMILES string of the molecule is C[NH+](N)[N-][C@H]1[C@H](O)[C@@H](O)[C@@H](O)[C@@H]2NC(=O)c3c(cc4c(c3O)OCO4)[C@@H]12. The van der Waals surface area contributed by atoms with Crippen LogP contribution in [0.15, 0.2) is 6.07 Å². The van der Waals surface area contributed by atoms with Crippen molar-refractivity contribution in [2.24, 2.45) is 5.84 Å². The topological polar surface area (TPSA) is 173 Å². The first-order valence-corrected chi connectivity index (χ1v) is 8.11. The van der Waals surface area contributed by atoms with Crippen molar-refractivity contribution in [3.63, 3.8) is 0 Å². The number of ether oxygens (including phenoxy) is 2. The molecule has 142 valence electrons. The Morgan fingerprint density at radius 1 is 1.27 bits per heavy atom. The van der Waals surface area contributed by atoms with Crippen molar-refractivity contribution in [3.05, 3.63) is 22.6 Å². The van der Waals surface area contributed by atoms with E-state index in [0.29, 0.717) is 5.56 Å². The van der Waals surface area contributed by atoms with Crippen LogP contribution in [0.4, 0.5) is 0 Å². The number of hydrogen-bond donors (Lipinski definition) is 7. The van der Waals surface area contributed by atoms with Crippen molar-refractivity contribution in [1.29, 1.82) is 0 Å². The molecule has 1 aromatic rings. The molecule has 1 unspecified atom stereocenters. The number of aliphatic hydroxyl groups excluding tert-OH is 3. The van der Waals surface area contributed by atoms with E-state index in [1.54, 1.807) is 0 Å². The molecule has 7 atom stereocenters. The van der Waals surface area contributed by atoms with E-state index >= 15 is 0 Å². The molecule has 3 aliphatic rings. The molecule has 11 nitrogen and oxygen atoms in total. The highest BCUT2D eigenvalue weighted by molar-refractivity contribution is 6.01. The third-order valence-corrected chi connectivity index (χ3v) is 5.08. The zero-order valence-corrected chi connectivity index (χ0v) is 13.8. The van der Waals surface area contributed by atoms with Crippen molar-refractivity contribution < 1.29 is 39.8 Å². The van der Waals surface area contributed by atoms with Crippen LogP contribution in [0.5, 0.6) is 17.2 Å². The largest absolute Gasteiger partial charge is 0.504 e. The number of hydrogen-bond acceptors (Lipinski definition) is 8. The predicted molar refractivity (Wildman–Crippen MR) is 84.5 cm³/mol. The van der Waals surface area contributed by atoms with E-state index in [4.69, 9.17) is 15.3 Å². The molecule has 11 heteroatoms. The van der Waals surface area contributed by atoms with Crippen LogP contribution in [0, 0.1) is 0 Å². The molecule has 1 aromatic carbocycles. The van der Waals surface area contributed by atoms with Gasteiger partial charge in [0.15, 0.2) is 11.5 Å². The fourth-order valence-electron chi connectivity index (χ4n) is 3.97. The van der Waals surface area contributed by atoms with E-state index in [0.717, 1.165) is 0 Å². The Balaban J connectivity index is 1.89. The van der Waals surface area contributed by atoms with Crippen LogP contribution in [0.25, 0.3) is 5.43 Å². The normalized spacial score (nSPS) is 36.1. The zero-order chi connectivity index (χ0) is 18.7. The molecule has 2 aliphatic heterocycles. The van der Waals surface area contributed by atoms with Crippen LogP contribution in [0.3, 0.4) is 0 Å². The van der Waals surface area contributed by atoms with Gasteiger partial charge in [-0.05, 0) is 17.5 Å². The maximum Gasteiger partial charge on any atom is 0.255 e. The minimum Gasteiger partial charge on any atom is -0.504 e. The van der Waals surface area contributed by atoms with Gasteiger partial charge in [0.25, 0.3) is 5.91 Å². The Hall–Kier alpha value is -2.15. The first-order chi connectivity index (χ1) is 12.3. The summed E-state index contributed by atoms with van der Waals surface area (Å²) < 4.78 is 10.5. The van der Waals surface area contributed by atoms with Gasteiger partial charge in [-0.1, -0.05) is 6.04 Å². The van der Waals surface area contributed by atoms with Crippen molar-refractivity contribution in [3.8, 4) is 17.2 Å². The highest BCUT2D eigenvalue weighted by Gasteiger charge is 2.51. The molecule has 0 saturated heterocycles. The van der Waals surface area contributed by atoms with Gasteiger partial charge >= 0.3 is 0 Å². The first kappa shape index (κ1) is 17.3. The Morgan fingerprint density at radius 3 is 2.69 bits per heavy atom.